The minimum absolute atomic E-state index is 0.0489. The van der Waals surface area contributed by atoms with Crippen LogP contribution in [0.2, 0.25) is 0 Å². The van der Waals surface area contributed by atoms with Crippen molar-refractivity contribution in [2.24, 2.45) is 0 Å². The monoisotopic (exact) mass is 441 g/mol. The van der Waals surface area contributed by atoms with Crippen LogP contribution in [0.1, 0.15) is 54.8 Å². The zero-order chi connectivity index (χ0) is 23.0. The van der Waals surface area contributed by atoms with Crippen molar-refractivity contribution in [1.82, 2.24) is 9.88 Å². The molecule has 2 aromatic rings. The van der Waals surface area contributed by atoms with Crippen LogP contribution in [-0.4, -0.2) is 56.2 Å². The molecule has 0 N–H and O–H groups in total. The standard InChI is InChI=1S/C25H32FN3O3/c1-15-10-18(31-4)11-21(26)25(15)20-14-24(30)29(16(20)2)23-13-19(32-5)12-22(27-23)17-6-8-28(3)9-7-17/h10-13,16-17,20H,6-9,14H2,1-5H3/t16-,20+/m1/s1. The molecule has 4 rings (SSSR count). The average Bonchev–Trinajstić information content (AvgIpc) is 3.06. The summed E-state index contributed by atoms with van der Waals surface area (Å²) >= 11 is 0. The third-order valence-corrected chi connectivity index (χ3v) is 6.99. The first-order valence-corrected chi connectivity index (χ1v) is 11.2. The van der Waals surface area contributed by atoms with Gasteiger partial charge in [-0.1, -0.05) is 0 Å². The fraction of sp³-hybridized carbons (Fsp3) is 0.520. The van der Waals surface area contributed by atoms with Crippen molar-refractivity contribution >= 4 is 11.7 Å². The van der Waals surface area contributed by atoms with Gasteiger partial charge in [0.1, 0.15) is 23.1 Å². The number of likely N-dealkylation sites (tertiary alicyclic amines) is 1. The molecule has 0 saturated carbocycles. The van der Waals surface area contributed by atoms with Crippen molar-refractivity contribution in [2.45, 2.75) is 51.0 Å². The molecule has 0 unspecified atom stereocenters. The van der Waals surface area contributed by atoms with E-state index in [-0.39, 0.29) is 30.1 Å². The number of carbonyl (C=O) groups excluding carboxylic acids is 1. The molecule has 2 atom stereocenters. The van der Waals surface area contributed by atoms with Crippen LogP contribution in [0.3, 0.4) is 0 Å². The van der Waals surface area contributed by atoms with Crippen LogP contribution in [0.25, 0.3) is 0 Å². The van der Waals surface area contributed by atoms with Gasteiger partial charge >= 0.3 is 0 Å². The lowest BCUT2D eigenvalue weighted by Crippen LogP contribution is -2.34. The SMILES string of the molecule is COc1cc(C2CCN(C)CC2)nc(N2C(=O)C[C@H](c3c(C)cc(OC)cc3F)[C@H]2C)c1. The number of rotatable bonds is 5. The van der Waals surface area contributed by atoms with E-state index in [4.69, 9.17) is 14.5 Å². The number of hydrogen-bond donors (Lipinski definition) is 0. The molecule has 3 heterocycles. The number of nitrogens with zero attached hydrogens (tertiary/aromatic N) is 3. The van der Waals surface area contributed by atoms with Gasteiger partial charge in [-0.3, -0.25) is 9.69 Å². The minimum atomic E-state index is -0.334. The Morgan fingerprint density at radius 3 is 2.34 bits per heavy atom. The normalized spacial score (nSPS) is 22.4. The van der Waals surface area contributed by atoms with Gasteiger partial charge in [0.2, 0.25) is 5.91 Å². The number of pyridine rings is 1. The Hall–Kier alpha value is -2.67. The summed E-state index contributed by atoms with van der Waals surface area (Å²) in [5, 5.41) is 0. The molecule has 1 aromatic heterocycles. The molecular formula is C25H32FN3O3. The van der Waals surface area contributed by atoms with E-state index >= 15 is 0 Å². The highest BCUT2D eigenvalue weighted by Gasteiger charge is 2.41. The van der Waals surface area contributed by atoms with Gasteiger partial charge in [-0.2, -0.15) is 0 Å². The maximum Gasteiger partial charge on any atom is 0.229 e. The first-order chi connectivity index (χ1) is 15.3. The van der Waals surface area contributed by atoms with Crippen LogP contribution in [0.15, 0.2) is 24.3 Å². The Morgan fingerprint density at radius 1 is 1.06 bits per heavy atom. The predicted octanol–water partition coefficient (Wildman–Crippen LogP) is 4.26. The van der Waals surface area contributed by atoms with Crippen molar-refractivity contribution in [3.05, 3.63) is 46.9 Å². The van der Waals surface area contributed by atoms with E-state index in [0.717, 1.165) is 37.2 Å². The Kier molecular flexibility index (Phi) is 6.38. The van der Waals surface area contributed by atoms with Crippen molar-refractivity contribution in [3.63, 3.8) is 0 Å². The zero-order valence-electron chi connectivity index (χ0n) is 19.5. The average molecular weight is 442 g/mol. The predicted molar refractivity (Wildman–Crippen MR) is 122 cm³/mol. The number of methoxy groups -OCH3 is 2. The molecular weight excluding hydrogens is 409 g/mol. The van der Waals surface area contributed by atoms with Crippen LogP contribution in [0.5, 0.6) is 11.5 Å². The molecule has 32 heavy (non-hydrogen) atoms. The highest BCUT2D eigenvalue weighted by atomic mass is 19.1. The van der Waals surface area contributed by atoms with Crippen molar-refractivity contribution in [3.8, 4) is 11.5 Å². The fourth-order valence-electron chi connectivity index (χ4n) is 5.12. The van der Waals surface area contributed by atoms with E-state index in [1.165, 1.54) is 13.2 Å². The number of benzene rings is 1. The summed E-state index contributed by atoms with van der Waals surface area (Å²) in [5.41, 5.74) is 2.33. The molecule has 0 spiro atoms. The molecule has 0 bridgehead atoms. The molecule has 2 aliphatic rings. The molecule has 2 saturated heterocycles. The summed E-state index contributed by atoms with van der Waals surface area (Å²) in [6.45, 7) is 5.88. The lowest BCUT2D eigenvalue weighted by Gasteiger charge is -2.30. The van der Waals surface area contributed by atoms with E-state index in [2.05, 4.69) is 11.9 Å². The second kappa shape index (κ2) is 9.06. The molecule has 6 nitrogen and oxygen atoms in total. The van der Waals surface area contributed by atoms with E-state index < -0.39 is 0 Å². The first kappa shape index (κ1) is 22.5. The van der Waals surface area contributed by atoms with Gasteiger partial charge in [0.15, 0.2) is 0 Å². The van der Waals surface area contributed by atoms with E-state index in [1.54, 1.807) is 12.0 Å². The highest BCUT2D eigenvalue weighted by Crippen LogP contribution is 2.41. The number of carbonyl (C=O) groups is 1. The van der Waals surface area contributed by atoms with Gasteiger partial charge in [-0.25, -0.2) is 9.37 Å². The molecule has 172 valence electrons. The number of amides is 1. The van der Waals surface area contributed by atoms with Gasteiger partial charge in [-0.15, -0.1) is 0 Å². The van der Waals surface area contributed by atoms with E-state index in [1.807, 2.05) is 32.0 Å². The Labute approximate surface area is 189 Å². The smallest absolute Gasteiger partial charge is 0.229 e. The summed E-state index contributed by atoms with van der Waals surface area (Å²) in [4.78, 5) is 22.1. The number of ether oxygens (including phenoxy) is 2. The Morgan fingerprint density at radius 2 is 1.72 bits per heavy atom. The molecule has 0 radical (unpaired) electrons. The molecule has 2 fully saturated rings. The summed E-state index contributed by atoms with van der Waals surface area (Å²) in [6, 6.07) is 6.78. The quantitative estimate of drug-likeness (QED) is 0.694. The third kappa shape index (κ3) is 4.18. The minimum Gasteiger partial charge on any atom is -0.497 e. The van der Waals surface area contributed by atoms with Gasteiger partial charge in [0.05, 0.1) is 14.2 Å². The third-order valence-electron chi connectivity index (χ3n) is 6.99. The summed E-state index contributed by atoms with van der Waals surface area (Å²) in [6.07, 6.45) is 2.30. The molecule has 2 aliphatic heterocycles. The van der Waals surface area contributed by atoms with Gasteiger partial charge in [-0.05, 0) is 64.0 Å². The Balaban J connectivity index is 1.67. The van der Waals surface area contributed by atoms with Crippen LogP contribution in [0, 0.1) is 12.7 Å². The fourth-order valence-corrected chi connectivity index (χ4v) is 5.12. The molecule has 1 aromatic carbocycles. The number of piperidine rings is 1. The second-order valence-electron chi connectivity index (χ2n) is 9.02. The summed E-state index contributed by atoms with van der Waals surface area (Å²) < 4.78 is 25.7. The summed E-state index contributed by atoms with van der Waals surface area (Å²) in [5.74, 6) is 1.46. The number of aromatic nitrogens is 1. The number of anilines is 1. The lowest BCUT2D eigenvalue weighted by atomic mass is 9.88. The first-order valence-electron chi connectivity index (χ1n) is 11.2. The number of aryl methyl sites for hydroxylation is 1. The van der Waals surface area contributed by atoms with Crippen molar-refractivity contribution in [2.75, 3.05) is 39.3 Å². The summed E-state index contributed by atoms with van der Waals surface area (Å²) in [7, 11) is 5.28. The zero-order valence-corrected chi connectivity index (χ0v) is 19.5. The van der Waals surface area contributed by atoms with Crippen LogP contribution < -0.4 is 14.4 Å². The highest BCUT2D eigenvalue weighted by molar-refractivity contribution is 5.96. The van der Waals surface area contributed by atoms with Gasteiger partial charge in [0.25, 0.3) is 0 Å². The van der Waals surface area contributed by atoms with Crippen LogP contribution in [-0.2, 0) is 4.79 Å². The van der Waals surface area contributed by atoms with Crippen molar-refractivity contribution < 1.29 is 18.7 Å². The molecule has 7 heteroatoms. The molecule has 1 amide bonds. The van der Waals surface area contributed by atoms with Crippen LogP contribution in [0.4, 0.5) is 10.2 Å². The van der Waals surface area contributed by atoms with Crippen LogP contribution >= 0.6 is 0 Å². The number of halogens is 1. The maximum absolute atomic E-state index is 15.0. The number of hydrogen-bond acceptors (Lipinski definition) is 5. The maximum atomic E-state index is 15.0. The Bertz CT molecular complexity index is 981. The lowest BCUT2D eigenvalue weighted by molar-refractivity contribution is -0.117. The van der Waals surface area contributed by atoms with E-state index in [0.29, 0.717) is 28.8 Å². The topological polar surface area (TPSA) is 54.9 Å². The van der Waals surface area contributed by atoms with E-state index in [9.17, 15) is 9.18 Å². The van der Waals surface area contributed by atoms with Crippen molar-refractivity contribution in [1.29, 1.82) is 0 Å². The van der Waals surface area contributed by atoms with Gasteiger partial charge in [0, 0.05) is 48.2 Å². The largest absolute Gasteiger partial charge is 0.497 e. The molecule has 0 aliphatic carbocycles. The van der Waals surface area contributed by atoms with Gasteiger partial charge < -0.3 is 14.4 Å². The second-order valence-corrected chi connectivity index (χ2v) is 9.02.